The van der Waals surface area contributed by atoms with Gasteiger partial charge >= 0.3 is 0 Å². The second-order valence-electron chi connectivity index (χ2n) is 7.62. The molecule has 1 amide bonds. The van der Waals surface area contributed by atoms with Gasteiger partial charge in [0, 0.05) is 17.6 Å². The molecule has 3 rings (SSSR count). The van der Waals surface area contributed by atoms with Gasteiger partial charge in [0.1, 0.15) is 5.75 Å². The average Bonchev–Trinajstić information content (AvgIpc) is 3.22. The Morgan fingerprint density at radius 1 is 1.13 bits per heavy atom. The highest BCUT2D eigenvalue weighted by atomic mass is 35.5. The lowest BCUT2D eigenvalue weighted by atomic mass is 10.1. The number of nitrogens with one attached hydrogen (secondary N) is 2. The van der Waals surface area contributed by atoms with E-state index in [1.807, 2.05) is 0 Å². The van der Waals surface area contributed by atoms with E-state index >= 15 is 0 Å². The molecule has 1 saturated carbocycles. The SMILES string of the molecule is CC(Oc1ccc(Cl)cc1Cl)C(=O)NCCc1ccc(S(=O)(=O)NC2CCCC2)cc1. The molecular formula is C22H26Cl2N2O4S. The van der Waals surface area contributed by atoms with Crippen molar-refractivity contribution < 1.29 is 17.9 Å². The number of hydrogen-bond acceptors (Lipinski definition) is 4. The number of carbonyl (C=O) groups excluding carboxylic acids is 1. The smallest absolute Gasteiger partial charge is 0.260 e. The van der Waals surface area contributed by atoms with Gasteiger partial charge in [-0.15, -0.1) is 0 Å². The first-order valence-corrected chi connectivity index (χ1v) is 12.5. The van der Waals surface area contributed by atoms with Gasteiger partial charge < -0.3 is 10.1 Å². The van der Waals surface area contributed by atoms with Crippen molar-refractivity contribution in [3.05, 3.63) is 58.1 Å². The average molecular weight is 485 g/mol. The van der Waals surface area contributed by atoms with Crippen LogP contribution in [0.4, 0.5) is 0 Å². The zero-order valence-corrected chi connectivity index (χ0v) is 19.6. The number of rotatable bonds is 9. The van der Waals surface area contributed by atoms with Gasteiger partial charge in [-0.25, -0.2) is 13.1 Å². The Balaban J connectivity index is 1.47. The van der Waals surface area contributed by atoms with E-state index in [1.165, 1.54) is 0 Å². The van der Waals surface area contributed by atoms with Crippen LogP contribution in [0, 0.1) is 0 Å². The van der Waals surface area contributed by atoms with Crippen LogP contribution in [0.5, 0.6) is 5.75 Å². The van der Waals surface area contributed by atoms with Crippen LogP contribution in [-0.4, -0.2) is 33.0 Å². The number of amides is 1. The summed E-state index contributed by atoms with van der Waals surface area (Å²) in [5.74, 6) is 0.114. The van der Waals surface area contributed by atoms with Crippen molar-refractivity contribution in [2.24, 2.45) is 0 Å². The number of halogens is 2. The largest absolute Gasteiger partial charge is 0.479 e. The fraction of sp³-hybridized carbons (Fsp3) is 0.409. The minimum atomic E-state index is -3.50. The molecule has 1 aliphatic carbocycles. The molecule has 1 fully saturated rings. The van der Waals surface area contributed by atoms with Gasteiger partial charge in [0.15, 0.2) is 6.10 Å². The lowest BCUT2D eigenvalue weighted by molar-refractivity contribution is -0.127. The van der Waals surface area contributed by atoms with E-state index in [4.69, 9.17) is 27.9 Å². The maximum atomic E-state index is 12.5. The minimum absolute atomic E-state index is 0.0341. The fourth-order valence-electron chi connectivity index (χ4n) is 3.45. The molecule has 0 spiro atoms. The summed E-state index contributed by atoms with van der Waals surface area (Å²) < 4.78 is 33.3. The van der Waals surface area contributed by atoms with Crippen LogP contribution in [0.2, 0.25) is 10.0 Å². The van der Waals surface area contributed by atoms with Crippen molar-refractivity contribution in [2.45, 2.75) is 56.1 Å². The molecule has 1 atom stereocenters. The Morgan fingerprint density at radius 3 is 2.45 bits per heavy atom. The van der Waals surface area contributed by atoms with Gasteiger partial charge in [-0.1, -0.05) is 48.2 Å². The van der Waals surface area contributed by atoms with E-state index < -0.39 is 16.1 Å². The molecule has 0 radical (unpaired) electrons. The van der Waals surface area contributed by atoms with Crippen molar-refractivity contribution in [2.75, 3.05) is 6.54 Å². The van der Waals surface area contributed by atoms with Crippen LogP contribution >= 0.6 is 23.2 Å². The third kappa shape index (κ3) is 6.84. The number of ether oxygens (including phenoxy) is 1. The Morgan fingerprint density at radius 2 is 1.81 bits per heavy atom. The molecule has 0 aromatic heterocycles. The van der Waals surface area contributed by atoms with Crippen LogP contribution < -0.4 is 14.8 Å². The normalized spacial score (nSPS) is 15.6. The standard InChI is InChI=1S/C22H26Cl2N2O4S/c1-15(30-21-11-8-17(23)14-20(21)24)22(27)25-13-12-16-6-9-19(10-7-16)31(28,29)26-18-4-2-3-5-18/h6-11,14-15,18,26H,2-5,12-13H2,1H3,(H,25,27). The summed E-state index contributed by atoms with van der Waals surface area (Å²) in [5, 5.41) is 3.64. The first kappa shape index (κ1) is 23.9. The van der Waals surface area contributed by atoms with E-state index in [0.717, 1.165) is 31.2 Å². The molecule has 2 aromatic rings. The van der Waals surface area contributed by atoms with Crippen molar-refractivity contribution in [3.63, 3.8) is 0 Å². The Bertz CT molecular complexity index is 1010. The van der Waals surface area contributed by atoms with Crippen LogP contribution in [0.1, 0.15) is 38.2 Å². The molecule has 0 saturated heterocycles. The van der Waals surface area contributed by atoms with Crippen LogP contribution in [0.25, 0.3) is 0 Å². The maximum Gasteiger partial charge on any atom is 0.260 e. The van der Waals surface area contributed by atoms with Gasteiger partial charge in [0.05, 0.1) is 9.92 Å². The topological polar surface area (TPSA) is 84.5 Å². The molecule has 168 valence electrons. The lowest BCUT2D eigenvalue weighted by Gasteiger charge is -2.16. The van der Waals surface area contributed by atoms with E-state index in [0.29, 0.717) is 28.8 Å². The third-order valence-electron chi connectivity index (χ3n) is 5.19. The molecule has 31 heavy (non-hydrogen) atoms. The van der Waals surface area contributed by atoms with E-state index in [2.05, 4.69) is 10.0 Å². The first-order chi connectivity index (χ1) is 14.7. The van der Waals surface area contributed by atoms with Gasteiger partial charge in [0.25, 0.3) is 5.91 Å². The zero-order valence-electron chi connectivity index (χ0n) is 17.2. The summed E-state index contributed by atoms with van der Waals surface area (Å²) in [6.07, 6.45) is 3.75. The van der Waals surface area contributed by atoms with Crippen LogP contribution in [-0.2, 0) is 21.2 Å². The highest BCUT2D eigenvalue weighted by Crippen LogP contribution is 2.28. The number of hydrogen-bond donors (Lipinski definition) is 2. The minimum Gasteiger partial charge on any atom is -0.479 e. The second kappa shape index (κ2) is 10.7. The van der Waals surface area contributed by atoms with Crippen molar-refractivity contribution in [3.8, 4) is 5.75 Å². The quantitative estimate of drug-likeness (QED) is 0.554. The molecule has 1 unspecified atom stereocenters. The first-order valence-electron chi connectivity index (χ1n) is 10.3. The fourth-order valence-corrected chi connectivity index (χ4v) is 5.21. The van der Waals surface area contributed by atoms with Crippen molar-refractivity contribution >= 4 is 39.1 Å². The summed E-state index contributed by atoms with van der Waals surface area (Å²) in [5.41, 5.74) is 0.925. The maximum absolute atomic E-state index is 12.5. The van der Waals surface area contributed by atoms with Gasteiger partial charge in [-0.05, 0) is 62.1 Å². The molecule has 2 N–H and O–H groups in total. The van der Waals surface area contributed by atoms with Crippen LogP contribution in [0.15, 0.2) is 47.4 Å². The summed E-state index contributed by atoms with van der Waals surface area (Å²) in [6.45, 7) is 2.03. The van der Waals surface area contributed by atoms with Crippen molar-refractivity contribution in [1.82, 2.24) is 10.0 Å². The Hall–Kier alpha value is -1.80. The lowest BCUT2D eigenvalue weighted by Crippen LogP contribution is -2.37. The van der Waals surface area contributed by atoms with Crippen molar-refractivity contribution in [1.29, 1.82) is 0 Å². The molecule has 1 aliphatic rings. The predicted octanol–water partition coefficient (Wildman–Crippen LogP) is 4.34. The molecule has 6 nitrogen and oxygen atoms in total. The number of benzene rings is 2. The van der Waals surface area contributed by atoms with Gasteiger partial charge in [-0.3, -0.25) is 4.79 Å². The predicted molar refractivity (Wildman–Crippen MR) is 122 cm³/mol. The monoisotopic (exact) mass is 484 g/mol. The molecule has 0 bridgehead atoms. The molecule has 9 heteroatoms. The molecule has 0 heterocycles. The van der Waals surface area contributed by atoms with Gasteiger partial charge in [0.2, 0.25) is 10.0 Å². The molecular weight excluding hydrogens is 459 g/mol. The van der Waals surface area contributed by atoms with E-state index in [1.54, 1.807) is 49.4 Å². The highest BCUT2D eigenvalue weighted by molar-refractivity contribution is 7.89. The Kier molecular flexibility index (Phi) is 8.22. The number of sulfonamides is 1. The molecule has 2 aromatic carbocycles. The molecule has 0 aliphatic heterocycles. The second-order valence-corrected chi connectivity index (χ2v) is 10.2. The summed E-state index contributed by atoms with van der Waals surface area (Å²) >= 11 is 11.9. The van der Waals surface area contributed by atoms with E-state index in [9.17, 15) is 13.2 Å². The van der Waals surface area contributed by atoms with Crippen LogP contribution in [0.3, 0.4) is 0 Å². The van der Waals surface area contributed by atoms with Gasteiger partial charge in [-0.2, -0.15) is 0 Å². The van der Waals surface area contributed by atoms with E-state index in [-0.39, 0.29) is 16.8 Å². The Labute approximate surface area is 193 Å². The summed E-state index contributed by atoms with van der Waals surface area (Å²) in [6, 6.07) is 11.6. The highest BCUT2D eigenvalue weighted by Gasteiger charge is 2.22. The summed E-state index contributed by atoms with van der Waals surface area (Å²) in [4.78, 5) is 12.5. The third-order valence-corrected chi connectivity index (χ3v) is 7.26. The zero-order chi connectivity index (χ0) is 22.4. The number of carbonyl (C=O) groups is 1. The summed E-state index contributed by atoms with van der Waals surface area (Å²) in [7, 11) is -3.50.